The van der Waals surface area contributed by atoms with E-state index in [0.717, 1.165) is 21.5 Å². The van der Waals surface area contributed by atoms with Crippen molar-refractivity contribution in [3.63, 3.8) is 0 Å². The van der Waals surface area contributed by atoms with Gasteiger partial charge in [-0.3, -0.25) is 4.79 Å². The van der Waals surface area contributed by atoms with Crippen LogP contribution in [-0.4, -0.2) is 26.3 Å². The first-order chi connectivity index (χ1) is 14.2. The van der Waals surface area contributed by atoms with Crippen molar-refractivity contribution >= 4 is 43.2 Å². The maximum atomic E-state index is 13.0. The average molecular weight is 385 g/mol. The molecule has 5 nitrogen and oxygen atoms in total. The topological polar surface area (TPSA) is 60.5 Å². The average Bonchev–Trinajstić information content (AvgIpc) is 2.77. The molecule has 0 fully saturated rings. The number of methoxy groups -OCH3 is 3. The molecule has 1 heterocycles. The van der Waals surface area contributed by atoms with E-state index in [0.29, 0.717) is 22.5 Å². The third kappa shape index (κ3) is 2.37. The van der Waals surface area contributed by atoms with Gasteiger partial charge >= 0.3 is 0 Å². The minimum atomic E-state index is -0.239. The molecular formula is C24H19NO4. The number of nitrogens with one attached hydrogen (secondary N) is 1. The van der Waals surface area contributed by atoms with E-state index < -0.39 is 0 Å². The lowest BCUT2D eigenvalue weighted by Gasteiger charge is -2.15. The third-order valence-corrected chi connectivity index (χ3v) is 5.51. The third-order valence-electron chi connectivity index (χ3n) is 5.51. The zero-order valence-corrected chi connectivity index (χ0v) is 16.3. The lowest BCUT2D eigenvalue weighted by molar-refractivity contribution is 0.342. The molecule has 5 rings (SSSR count). The minimum absolute atomic E-state index is 0.146. The summed E-state index contributed by atoms with van der Waals surface area (Å²) in [6, 6.07) is 18.4. The van der Waals surface area contributed by atoms with Crippen LogP contribution in [0.3, 0.4) is 0 Å². The normalized spacial score (nSPS) is 11.4. The summed E-state index contributed by atoms with van der Waals surface area (Å²) in [5.74, 6) is 1.09. The molecule has 4 aromatic carbocycles. The van der Waals surface area contributed by atoms with Gasteiger partial charge in [-0.25, -0.2) is 0 Å². The summed E-state index contributed by atoms with van der Waals surface area (Å²) in [5, 5.41) is 6.89. The fourth-order valence-corrected chi connectivity index (χ4v) is 4.18. The number of H-pyrrole nitrogens is 1. The molecule has 5 aromatic rings. The van der Waals surface area contributed by atoms with Crippen LogP contribution in [0.1, 0.15) is 0 Å². The van der Waals surface area contributed by atoms with Crippen LogP contribution in [0.2, 0.25) is 0 Å². The predicted octanol–water partition coefficient (Wildman–Crippen LogP) is 5.01. The van der Waals surface area contributed by atoms with Crippen LogP contribution in [-0.2, 0) is 0 Å². The Bertz CT molecular complexity index is 1480. The molecule has 0 bridgehead atoms. The fourth-order valence-electron chi connectivity index (χ4n) is 4.18. The highest BCUT2D eigenvalue weighted by atomic mass is 16.5. The number of aromatic amines is 1. The van der Waals surface area contributed by atoms with Gasteiger partial charge in [-0.1, -0.05) is 48.5 Å². The Hall–Kier alpha value is -3.73. The number of fused-ring (bicyclic) bond motifs is 7. The molecule has 144 valence electrons. The van der Waals surface area contributed by atoms with Crippen LogP contribution in [0.15, 0.2) is 59.4 Å². The van der Waals surface area contributed by atoms with E-state index in [1.54, 1.807) is 13.2 Å². The molecule has 0 aliphatic carbocycles. The van der Waals surface area contributed by atoms with E-state index in [4.69, 9.17) is 14.2 Å². The van der Waals surface area contributed by atoms with Crippen molar-refractivity contribution < 1.29 is 14.2 Å². The Balaban J connectivity index is 2.03. The Labute approximate surface area is 166 Å². The summed E-state index contributed by atoms with van der Waals surface area (Å²) in [6.45, 7) is 0. The Morgan fingerprint density at radius 2 is 1.48 bits per heavy atom. The van der Waals surface area contributed by atoms with Crippen LogP contribution in [0, 0.1) is 0 Å². The van der Waals surface area contributed by atoms with Crippen molar-refractivity contribution in [1.29, 1.82) is 0 Å². The van der Waals surface area contributed by atoms with Gasteiger partial charge in [-0.2, -0.15) is 0 Å². The lowest BCUT2D eigenvalue weighted by Crippen LogP contribution is -2.10. The van der Waals surface area contributed by atoms with Crippen LogP contribution in [0.4, 0.5) is 0 Å². The van der Waals surface area contributed by atoms with Crippen molar-refractivity contribution in [3.05, 3.63) is 64.8 Å². The van der Waals surface area contributed by atoms with Gasteiger partial charge < -0.3 is 19.2 Å². The summed E-state index contributed by atoms with van der Waals surface area (Å²) in [4.78, 5) is 16.2. The van der Waals surface area contributed by atoms with Gasteiger partial charge in [0, 0.05) is 10.8 Å². The quantitative estimate of drug-likeness (QED) is 0.443. The summed E-state index contributed by atoms with van der Waals surface area (Å²) >= 11 is 0. The number of ether oxygens (including phenoxy) is 3. The molecule has 0 amide bonds. The number of aromatic nitrogens is 1. The Morgan fingerprint density at radius 3 is 2.24 bits per heavy atom. The van der Waals surface area contributed by atoms with Crippen LogP contribution in [0.25, 0.3) is 43.2 Å². The van der Waals surface area contributed by atoms with Gasteiger partial charge in [0.25, 0.3) is 0 Å². The van der Waals surface area contributed by atoms with Crippen molar-refractivity contribution in [2.24, 2.45) is 0 Å². The molecule has 1 aromatic heterocycles. The SMILES string of the molecule is COc1[nH]c2c(cc(OC)c3c4ccc5ccccc5c4ccc23)c(=O)c1OC. The van der Waals surface area contributed by atoms with Gasteiger partial charge in [0.15, 0.2) is 0 Å². The summed E-state index contributed by atoms with van der Waals surface area (Å²) in [6.07, 6.45) is 0. The first-order valence-corrected chi connectivity index (χ1v) is 9.27. The highest BCUT2D eigenvalue weighted by molar-refractivity contribution is 6.23. The molecule has 0 saturated heterocycles. The van der Waals surface area contributed by atoms with Crippen molar-refractivity contribution in [1.82, 2.24) is 4.98 Å². The number of benzene rings is 4. The molecule has 0 aliphatic rings. The molecule has 0 saturated carbocycles. The highest BCUT2D eigenvalue weighted by Crippen LogP contribution is 2.40. The van der Waals surface area contributed by atoms with Gasteiger partial charge in [0.2, 0.25) is 17.1 Å². The van der Waals surface area contributed by atoms with Crippen molar-refractivity contribution in [2.75, 3.05) is 21.3 Å². The second-order valence-corrected chi connectivity index (χ2v) is 6.89. The zero-order chi connectivity index (χ0) is 20.1. The minimum Gasteiger partial charge on any atom is -0.496 e. The first kappa shape index (κ1) is 17.4. The molecule has 0 atom stereocenters. The number of hydrogen-bond donors (Lipinski definition) is 1. The second kappa shape index (κ2) is 6.41. The summed E-state index contributed by atoms with van der Waals surface area (Å²) in [5.41, 5.74) is 0.454. The van der Waals surface area contributed by atoms with E-state index in [2.05, 4.69) is 35.3 Å². The molecule has 0 spiro atoms. The lowest BCUT2D eigenvalue weighted by atomic mass is 9.95. The maximum Gasteiger partial charge on any atom is 0.238 e. The number of hydrogen-bond acceptors (Lipinski definition) is 4. The van der Waals surface area contributed by atoms with E-state index in [-0.39, 0.29) is 11.2 Å². The van der Waals surface area contributed by atoms with Crippen LogP contribution >= 0.6 is 0 Å². The summed E-state index contributed by atoms with van der Waals surface area (Å²) < 4.78 is 16.3. The van der Waals surface area contributed by atoms with E-state index in [1.807, 2.05) is 18.2 Å². The monoisotopic (exact) mass is 385 g/mol. The van der Waals surface area contributed by atoms with Crippen molar-refractivity contribution in [3.8, 4) is 17.4 Å². The molecule has 0 radical (unpaired) electrons. The molecular weight excluding hydrogens is 366 g/mol. The fraction of sp³-hybridized carbons (Fsp3) is 0.125. The Kier molecular flexibility index (Phi) is 3.84. The second-order valence-electron chi connectivity index (χ2n) is 6.89. The predicted molar refractivity (Wildman–Crippen MR) is 117 cm³/mol. The molecule has 5 heteroatoms. The molecule has 29 heavy (non-hydrogen) atoms. The highest BCUT2D eigenvalue weighted by Gasteiger charge is 2.19. The molecule has 1 N–H and O–H groups in total. The van der Waals surface area contributed by atoms with Gasteiger partial charge in [-0.15, -0.1) is 0 Å². The number of pyridine rings is 1. The van der Waals surface area contributed by atoms with E-state index >= 15 is 0 Å². The first-order valence-electron chi connectivity index (χ1n) is 9.27. The van der Waals surface area contributed by atoms with E-state index in [1.165, 1.54) is 25.0 Å². The number of rotatable bonds is 3. The van der Waals surface area contributed by atoms with Crippen LogP contribution < -0.4 is 19.6 Å². The van der Waals surface area contributed by atoms with Gasteiger partial charge in [0.05, 0.1) is 32.2 Å². The smallest absolute Gasteiger partial charge is 0.238 e. The van der Waals surface area contributed by atoms with Crippen molar-refractivity contribution in [2.45, 2.75) is 0 Å². The Morgan fingerprint density at radius 1 is 0.724 bits per heavy atom. The molecule has 0 aliphatic heterocycles. The summed E-state index contributed by atoms with van der Waals surface area (Å²) in [7, 11) is 4.58. The standard InChI is InChI=1S/C24H19NO4/c1-27-19-12-18-21(25-24(29-3)23(28-2)22(18)26)17-11-10-15-14-7-5-4-6-13(14)8-9-16(15)20(17)19/h4-12H,1-3H3,(H,25,26). The van der Waals surface area contributed by atoms with E-state index in [9.17, 15) is 4.79 Å². The van der Waals surface area contributed by atoms with Crippen LogP contribution in [0.5, 0.6) is 17.4 Å². The van der Waals surface area contributed by atoms with Gasteiger partial charge in [-0.05, 0) is 27.6 Å². The maximum absolute atomic E-state index is 13.0. The largest absolute Gasteiger partial charge is 0.496 e. The molecule has 0 unspecified atom stereocenters. The zero-order valence-electron chi connectivity index (χ0n) is 16.3. The van der Waals surface area contributed by atoms with Gasteiger partial charge in [0.1, 0.15) is 5.75 Å².